The van der Waals surface area contributed by atoms with Gasteiger partial charge in [0.2, 0.25) is 0 Å². The molecular formula is C5H9NOS. The van der Waals surface area contributed by atoms with Crippen LogP contribution in [0.4, 0.5) is 0 Å². The van der Waals surface area contributed by atoms with Crippen molar-refractivity contribution in [3.63, 3.8) is 0 Å². The molecule has 0 fully saturated rings. The van der Waals surface area contributed by atoms with Gasteiger partial charge < -0.3 is 5.11 Å². The highest BCUT2D eigenvalue weighted by Gasteiger charge is 1.95. The van der Waals surface area contributed by atoms with Gasteiger partial charge in [-0.3, -0.25) is 0 Å². The molecule has 0 aromatic heterocycles. The molecule has 0 bridgehead atoms. The molecule has 0 spiro atoms. The molecule has 0 amide bonds. The third-order valence-corrected chi connectivity index (χ3v) is 1.66. The number of nitrogens with zero attached hydrogens (tertiary/aromatic N) is 1. The van der Waals surface area contributed by atoms with Gasteiger partial charge in [0.15, 0.2) is 0 Å². The van der Waals surface area contributed by atoms with E-state index in [0.717, 1.165) is 0 Å². The lowest BCUT2D eigenvalue weighted by Crippen LogP contribution is -1.94. The van der Waals surface area contributed by atoms with Gasteiger partial charge in [0.25, 0.3) is 0 Å². The van der Waals surface area contributed by atoms with Gasteiger partial charge in [0.05, 0.1) is 17.9 Å². The summed E-state index contributed by atoms with van der Waals surface area (Å²) in [5.41, 5.74) is 0. The van der Waals surface area contributed by atoms with Crippen molar-refractivity contribution in [3.05, 3.63) is 0 Å². The van der Waals surface area contributed by atoms with Gasteiger partial charge >= 0.3 is 0 Å². The third kappa shape index (κ3) is 3.97. The standard InChI is InChI=1S/C5H9NOS/c1-5(4-6)8-3-2-7/h5,7H,2-3H2,1H3. The average molecular weight is 131 g/mol. The van der Waals surface area contributed by atoms with Gasteiger partial charge in [-0.15, -0.1) is 11.8 Å². The fourth-order valence-corrected chi connectivity index (χ4v) is 0.800. The van der Waals surface area contributed by atoms with Crippen molar-refractivity contribution in [1.82, 2.24) is 0 Å². The highest BCUT2D eigenvalue weighted by atomic mass is 32.2. The number of nitriles is 1. The summed E-state index contributed by atoms with van der Waals surface area (Å²) in [6, 6.07) is 2.05. The molecule has 8 heavy (non-hydrogen) atoms. The first kappa shape index (κ1) is 7.80. The first-order valence-corrected chi connectivity index (χ1v) is 3.48. The number of aliphatic hydroxyl groups excluding tert-OH is 1. The number of thioether (sulfide) groups is 1. The SMILES string of the molecule is CC(C#N)SCCO. The van der Waals surface area contributed by atoms with E-state index in [1.54, 1.807) is 0 Å². The third-order valence-electron chi connectivity index (χ3n) is 0.641. The zero-order chi connectivity index (χ0) is 6.41. The Hall–Kier alpha value is -0.200. The van der Waals surface area contributed by atoms with Crippen LogP contribution in [0.25, 0.3) is 0 Å². The fraction of sp³-hybridized carbons (Fsp3) is 0.800. The summed E-state index contributed by atoms with van der Waals surface area (Å²) in [5.74, 6) is 0.661. The number of hydrogen-bond donors (Lipinski definition) is 1. The van der Waals surface area contributed by atoms with E-state index in [2.05, 4.69) is 6.07 Å². The average Bonchev–Trinajstić information content (AvgIpc) is 1.83. The molecule has 1 unspecified atom stereocenters. The van der Waals surface area contributed by atoms with Crippen LogP contribution in [0.5, 0.6) is 0 Å². The lowest BCUT2D eigenvalue weighted by Gasteiger charge is -1.96. The zero-order valence-electron chi connectivity index (χ0n) is 4.79. The van der Waals surface area contributed by atoms with Crippen LogP contribution in [-0.4, -0.2) is 22.7 Å². The second kappa shape index (κ2) is 4.95. The lowest BCUT2D eigenvalue weighted by molar-refractivity contribution is 0.322. The molecule has 2 nitrogen and oxygen atoms in total. The van der Waals surface area contributed by atoms with Crippen LogP contribution >= 0.6 is 11.8 Å². The van der Waals surface area contributed by atoms with E-state index < -0.39 is 0 Å². The Bertz CT molecular complexity index is 88.9. The van der Waals surface area contributed by atoms with Crippen molar-refractivity contribution in [2.75, 3.05) is 12.4 Å². The van der Waals surface area contributed by atoms with Gasteiger partial charge in [-0.25, -0.2) is 0 Å². The smallest absolute Gasteiger partial charge is 0.0889 e. The molecule has 0 aliphatic heterocycles. The Balaban J connectivity index is 3.02. The van der Waals surface area contributed by atoms with Gasteiger partial charge in [-0.1, -0.05) is 0 Å². The maximum Gasteiger partial charge on any atom is 0.0889 e. The van der Waals surface area contributed by atoms with Crippen LogP contribution in [0, 0.1) is 11.3 Å². The highest BCUT2D eigenvalue weighted by Crippen LogP contribution is 2.06. The quantitative estimate of drug-likeness (QED) is 0.610. The minimum atomic E-state index is 0.0159. The second-order valence-corrected chi connectivity index (χ2v) is 2.81. The molecule has 46 valence electrons. The van der Waals surface area contributed by atoms with Gasteiger partial charge in [0, 0.05) is 5.75 Å². The van der Waals surface area contributed by atoms with Crippen LogP contribution in [-0.2, 0) is 0 Å². The van der Waals surface area contributed by atoms with E-state index in [9.17, 15) is 0 Å². The molecule has 0 aromatic rings. The molecule has 3 heteroatoms. The minimum Gasteiger partial charge on any atom is -0.396 e. The Morgan fingerprint density at radius 3 is 2.88 bits per heavy atom. The zero-order valence-corrected chi connectivity index (χ0v) is 5.61. The van der Waals surface area contributed by atoms with Gasteiger partial charge in [0.1, 0.15) is 0 Å². The van der Waals surface area contributed by atoms with Crippen molar-refractivity contribution in [3.8, 4) is 6.07 Å². The molecule has 0 rings (SSSR count). The Kier molecular flexibility index (Phi) is 4.82. The summed E-state index contributed by atoms with van der Waals surface area (Å²) in [5, 5.41) is 16.5. The molecule has 0 aliphatic rings. The molecule has 0 aliphatic carbocycles. The summed E-state index contributed by atoms with van der Waals surface area (Å²) in [6.45, 7) is 1.98. The fourth-order valence-electron chi connectivity index (χ4n) is 0.267. The minimum absolute atomic E-state index is 0.0159. The van der Waals surface area contributed by atoms with Crippen molar-refractivity contribution < 1.29 is 5.11 Å². The maximum absolute atomic E-state index is 8.28. The molecule has 0 radical (unpaired) electrons. The molecule has 0 aromatic carbocycles. The van der Waals surface area contributed by atoms with E-state index in [1.807, 2.05) is 6.92 Å². The molecular weight excluding hydrogens is 122 g/mol. The molecule has 0 saturated heterocycles. The van der Waals surface area contributed by atoms with Crippen molar-refractivity contribution in [1.29, 1.82) is 5.26 Å². The highest BCUT2D eigenvalue weighted by molar-refractivity contribution is 8.00. The Labute approximate surface area is 53.5 Å². The van der Waals surface area contributed by atoms with E-state index in [4.69, 9.17) is 10.4 Å². The lowest BCUT2D eigenvalue weighted by atomic mass is 10.5. The van der Waals surface area contributed by atoms with E-state index in [1.165, 1.54) is 11.8 Å². The van der Waals surface area contributed by atoms with Crippen LogP contribution < -0.4 is 0 Å². The van der Waals surface area contributed by atoms with Crippen LogP contribution in [0.1, 0.15) is 6.92 Å². The predicted octanol–water partition coefficient (Wildman–Crippen LogP) is 0.624. The summed E-state index contributed by atoms with van der Waals surface area (Å²) in [7, 11) is 0. The van der Waals surface area contributed by atoms with E-state index >= 15 is 0 Å². The van der Waals surface area contributed by atoms with Crippen molar-refractivity contribution >= 4 is 11.8 Å². The van der Waals surface area contributed by atoms with Crippen molar-refractivity contribution in [2.24, 2.45) is 0 Å². The Morgan fingerprint density at radius 1 is 1.88 bits per heavy atom. The first-order valence-electron chi connectivity index (χ1n) is 2.43. The molecule has 0 heterocycles. The summed E-state index contributed by atoms with van der Waals surface area (Å²) < 4.78 is 0. The van der Waals surface area contributed by atoms with E-state index in [0.29, 0.717) is 5.75 Å². The summed E-state index contributed by atoms with van der Waals surface area (Å²) >= 11 is 1.47. The molecule has 1 N–H and O–H groups in total. The van der Waals surface area contributed by atoms with Gasteiger partial charge in [-0.05, 0) is 6.92 Å². The maximum atomic E-state index is 8.28. The summed E-state index contributed by atoms with van der Waals surface area (Å²) in [4.78, 5) is 0. The number of rotatable bonds is 3. The first-order chi connectivity index (χ1) is 3.81. The number of hydrogen-bond acceptors (Lipinski definition) is 3. The molecule has 1 atom stereocenters. The van der Waals surface area contributed by atoms with Crippen LogP contribution in [0.3, 0.4) is 0 Å². The monoisotopic (exact) mass is 131 g/mol. The van der Waals surface area contributed by atoms with Crippen LogP contribution in [0.15, 0.2) is 0 Å². The summed E-state index contributed by atoms with van der Waals surface area (Å²) in [6.07, 6.45) is 0. The largest absolute Gasteiger partial charge is 0.396 e. The second-order valence-electron chi connectivity index (χ2n) is 1.37. The van der Waals surface area contributed by atoms with E-state index in [-0.39, 0.29) is 11.9 Å². The Morgan fingerprint density at radius 2 is 2.50 bits per heavy atom. The van der Waals surface area contributed by atoms with Gasteiger partial charge in [-0.2, -0.15) is 5.26 Å². The van der Waals surface area contributed by atoms with Crippen LogP contribution in [0.2, 0.25) is 0 Å². The molecule has 0 saturated carbocycles. The number of aliphatic hydroxyl groups is 1. The predicted molar refractivity (Wildman–Crippen MR) is 34.6 cm³/mol. The topological polar surface area (TPSA) is 44.0 Å². The normalized spacial score (nSPS) is 12.6. The van der Waals surface area contributed by atoms with Crippen molar-refractivity contribution in [2.45, 2.75) is 12.2 Å².